The predicted octanol–water partition coefficient (Wildman–Crippen LogP) is 2.96. The van der Waals surface area contributed by atoms with Gasteiger partial charge in [-0.2, -0.15) is 0 Å². The number of rotatable bonds is 5. The van der Waals surface area contributed by atoms with Gasteiger partial charge in [0, 0.05) is 11.3 Å². The molecule has 0 unspecified atom stereocenters. The Balaban J connectivity index is 0.00000225. The van der Waals surface area contributed by atoms with Gasteiger partial charge in [0.25, 0.3) is 0 Å². The molecule has 25 heavy (non-hydrogen) atoms. The van der Waals surface area contributed by atoms with Crippen molar-refractivity contribution < 1.29 is 14.2 Å². The third kappa shape index (κ3) is 3.61. The normalized spacial score (nSPS) is 10.0. The summed E-state index contributed by atoms with van der Waals surface area (Å²) in [4.78, 5) is 0. The SMILES string of the molecule is COc1cc(-c2cn(-c3ccc(N)cc3)nn2)cc(OC)c1OC.Cl. The van der Waals surface area contributed by atoms with E-state index in [0.29, 0.717) is 28.6 Å². The summed E-state index contributed by atoms with van der Waals surface area (Å²) < 4.78 is 17.8. The number of nitrogen functional groups attached to an aromatic ring is 1. The lowest BCUT2D eigenvalue weighted by molar-refractivity contribution is 0.324. The molecule has 8 heteroatoms. The maximum absolute atomic E-state index is 5.71. The zero-order valence-corrected chi connectivity index (χ0v) is 14.9. The third-order valence-electron chi connectivity index (χ3n) is 3.61. The van der Waals surface area contributed by atoms with Crippen LogP contribution in [0.2, 0.25) is 0 Å². The van der Waals surface area contributed by atoms with E-state index in [1.807, 2.05) is 42.6 Å². The summed E-state index contributed by atoms with van der Waals surface area (Å²) in [5, 5.41) is 8.38. The Hall–Kier alpha value is -2.93. The van der Waals surface area contributed by atoms with Crippen molar-refractivity contribution in [3.8, 4) is 34.2 Å². The first-order valence-electron chi connectivity index (χ1n) is 7.25. The lowest BCUT2D eigenvalue weighted by atomic mass is 10.1. The lowest BCUT2D eigenvalue weighted by Crippen LogP contribution is -1.95. The van der Waals surface area contributed by atoms with Crippen LogP contribution in [0.15, 0.2) is 42.6 Å². The first-order chi connectivity index (χ1) is 11.7. The molecule has 0 aliphatic heterocycles. The molecule has 0 radical (unpaired) electrons. The topological polar surface area (TPSA) is 84.4 Å². The van der Waals surface area contributed by atoms with Crippen LogP contribution < -0.4 is 19.9 Å². The number of aromatic nitrogens is 3. The van der Waals surface area contributed by atoms with Crippen molar-refractivity contribution >= 4 is 18.1 Å². The Morgan fingerprint density at radius 2 is 1.52 bits per heavy atom. The first kappa shape index (κ1) is 18.4. The smallest absolute Gasteiger partial charge is 0.203 e. The predicted molar refractivity (Wildman–Crippen MR) is 98.1 cm³/mol. The molecule has 3 rings (SSSR count). The second kappa shape index (κ2) is 7.76. The summed E-state index contributed by atoms with van der Waals surface area (Å²) in [5.74, 6) is 1.66. The van der Waals surface area contributed by atoms with Gasteiger partial charge in [0.05, 0.1) is 33.2 Å². The van der Waals surface area contributed by atoms with E-state index in [9.17, 15) is 0 Å². The molecule has 132 valence electrons. The van der Waals surface area contributed by atoms with Crippen LogP contribution in [0.4, 0.5) is 5.69 Å². The number of hydrogen-bond acceptors (Lipinski definition) is 6. The van der Waals surface area contributed by atoms with E-state index >= 15 is 0 Å². The fourth-order valence-corrected chi connectivity index (χ4v) is 2.38. The van der Waals surface area contributed by atoms with Crippen molar-refractivity contribution in [1.29, 1.82) is 0 Å². The Labute approximate surface area is 151 Å². The number of benzene rings is 2. The van der Waals surface area contributed by atoms with Crippen LogP contribution in [0.3, 0.4) is 0 Å². The van der Waals surface area contributed by atoms with E-state index in [1.54, 1.807) is 26.0 Å². The monoisotopic (exact) mass is 362 g/mol. The maximum atomic E-state index is 5.71. The molecule has 3 aromatic rings. The second-order valence-corrected chi connectivity index (χ2v) is 5.05. The first-order valence-corrected chi connectivity index (χ1v) is 7.25. The Kier molecular flexibility index (Phi) is 5.71. The van der Waals surface area contributed by atoms with E-state index in [0.717, 1.165) is 11.3 Å². The molecule has 0 saturated heterocycles. The van der Waals surface area contributed by atoms with E-state index in [1.165, 1.54) is 0 Å². The van der Waals surface area contributed by atoms with Crippen LogP contribution in [0.1, 0.15) is 0 Å². The summed E-state index contributed by atoms with van der Waals surface area (Å²) in [6.07, 6.45) is 1.83. The zero-order chi connectivity index (χ0) is 17.1. The average molecular weight is 363 g/mol. The second-order valence-electron chi connectivity index (χ2n) is 5.05. The molecule has 0 aliphatic rings. The highest BCUT2D eigenvalue weighted by atomic mass is 35.5. The quantitative estimate of drug-likeness (QED) is 0.702. The lowest BCUT2D eigenvalue weighted by Gasteiger charge is -2.13. The van der Waals surface area contributed by atoms with Crippen LogP contribution in [-0.2, 0) is 0 Å². The van der Waals surface area contributed by atoms with Gasteiger partial charge in [0.15, 0.2) is 11.5 Å². The van der Waals surface area contributed by atoms with Gasteiger partial charge in [-0.05, 0) is 36.4 Å². The van der Waals surface area contributed by atoms with Crippen LogP contribution in [0.25, 0.3) is 16.9 Å². The van der Waals surface area contributed by atoms with Crippen molar-refractivity contribution in [2.75, 3.05) is 27.1 Å². The number of methoxy groups -OCH3 is 3. The van der Waals surface area contributed by atoms with Crippen molar-refractivity contribution in [2.45, 2.75) is 0 Å². The third-order valence-corrected chi connectivity index (χ3v) is 3.61. The molecule has 7 nitrogen and oxygen atoms in total. The fourth-order valence-electron chi connectivity index (χ4n) is 2.38. The molecule has 0 spiro atoms. The van der Waals surface area contributed by atoms with Crippen LogP contribution in [0, 0.1) is 0 Å². The van der Waals surface area contributed by atoms with Crippen LogP contribution in [0.5, 0.6) is 17.2 Å². The zero-order valence-electron chi connectivity index (χ0n) is 14.1. The van der Waals surface area contributed by atoms with Gasteiger partial charge < -0.3 is 19.9 Å². The Bertz CT molecular complexity index is 824. The van der Waals surface area contributed by atoms with Crippen molar-refractivity contribution in [1.82, 2.24) is 15.0 Å². The molecule has 0 bridgehead atoms. The van der Waals surface area contributed by atoms with Gasteiger partial charge in [-0.15, -0.1) is 17.5 Å². The van der Waals surface area contributed by atoms with Gasteiger partial charge in [-0.3, -0.25) is 0 Å². The number of nitrogens with two attached hydrogens (primary N) is 1. The number of nitrogens with zero attached hydrogens (tertiary/aromatic N) is 3. The average Bonchev–Trinajstić information content (AvgIpc) is 3.11. The molecular weight excluding hydrogens is 344 g/mol. The Morgan fingerprint density at radius 3 is 2.04 bits per heavy atom. The summed E-state index contributed by atoms with van der Waals surface area (Å²) in [6.45, 7) is 0. The molecular formula is C17H19ClN4O3. The minimum absolute atomic E-state index is 0. The summed E-state index contributed by atoms with van der Waals surface area (Å²) in [7, 11) is 4.72. The fraction of sp³-hybridized carbons (Fsp3) is 0.176. The van der Waals surface area contributed by atoms with Crippen molar-refractivity contribution in [2.24, 2.45) is 0 Å². The van der Waals surface area contributed by atoms with Gasteiger partial charge in [-0.25, -0.2) is 4.68 Å². The van der Waals surface area contributed by atoms with Crippen LogP contribution >= 0.6 is 12.4 Å². The number of ether oxygens (including phenoxy) is 3. The molecule has 0 aliphatic carbocycles. The highest BCUT2D eigenvalue weighted by molar-refractivity contribution is 5.85. The molecule has 1 aromatic heterocycles. The minimum atomic E-state index is 0. The van der Waals surface area contributed by atoms with E-state index in [2.05, 4.69) is 10.3 Å². The molecule has 0 fully saturated rings. The highest BCUT2D eigenvalue weighted by Gasteiger charge is 2.16. The van der Waals surface area contributed by atoms with E-state index in [4.69, 9.17) is 19.9 Å². The van der Waals surface area contributed by atoms with Crippen molar-refractivity contribution in [3.05, 3.63) is 42.6 Å². The molecule has 0 atom stereocenters. The maximum Gasteiger partial charge on any atom is 0.203 e. The summed E-state index contributed by atoms with van der Waals surface area (Å²) >= 11 is 0. The molecule has 2 N–H and O–H groups in total. The van der Waals surface area contributed by atoms with E-state index < -0.39 is 0 Å². The Morgan fingerprint density at radius 1 is 0.920 bits per heavy atom. The highest BCUT2D eigenvalue weighted by Crippen LogP contribution is 2.40. The minimum Gasteiger partial charge on any atom is -0.493 e. The van der Waals surface area contributed by atoms with Crippen molar-refractivity contribution in [3.63, 3.8) is 0 Å². The number of hydrogen-bond donors (Lipinski definition) is 1. The summed E-state index contributed by atoms with van der Waals surface area (Å²) in [6, 6.07) is 11.1. The summed E-state index contributed by atoms with van der Waals surface area (Å²) in [5.41, 5.74) is 8.77. The molecule has 0 saturated carbocycles. The largest absolute Gasteiger partial charge is 0.493 e. The van der Waals surface area contributed by atoms with Gasteiger partial charge >= 0.3 is 0 Å². The van der Waals surface area contributed by atoms with Gasteiger partial charge in [0.2, 0.25) is 5.75 Å². The molecule has 0 amide bonds. The standard InChI is InChI=1S/C17H18N4O3.ClH/c1-22-15-8-11(9-16(23-2)17(15)24-3)14-10-21(20-19-14)13-6-4-12(18)5-7-13;/h4-10H,18H2,1-3H3;1H. The molecule has 1 heterocycles. The van der Waals surface area contributed by atoms with E-state index in [-0.39, 0.29) is 12.4 Å². The number of anilines is 1. The van der Waals surface area contributed by atoms with Crippen LogP contribution in [-0.4, -0.2) is 36.3 Å². The number of halogens is 1. The van der Waals surface area contributed by atoms with Gasteiger partial charge in [0.1, 0.15) is 5.69 Å². The van der Waals surface area contributed by atoms with Gasteiger partial charge in [-0.1, -0.05) is 5.21 Å². The molecule has 2 aromatic carbocycles.